The lowest BCUT2D eigenvalue weighted by molar-refractivity contribution is -0.132. The molecule has 2 bridgehead atoms. The highest BCUT2D eigenvalue weighted by atomic mass is 16.5. The zero-order valence-corrected chi connectivity index (χ0v) is 14.7. The van der Waals surface area contributed by atoms with E-state index in [0.29, 0.717) is 12.2 Å². The number of ether oxygens (including phenoxy) is 2. The molecule has 5 heteroatoms. The Balaban J connectivity index is 1.79. The molecular weight excluding hydrogens is 306 g/mol. The van der Waals surface area contributed by atoms with Gasteiger partial charge in [0.2, 0.25) is 5.91 Å². The van der Waals surface area contributed by atoms with Crippen LogP contribution in [-0.4, -0.2) is 48.8 Å². The number of aliphatic hydroxyl groups excluding tert-OH is 1. The normalized spacial score (nSPS) is 28.2. The summed E-state index contributed by atoms with van der Waals surface area (Å²) in [5, 5.41) is 9.90. The maximum Gasteiger partial charge on any atom is 0.227 e. The molecule has 2 aliphatic heterocycles. The Morgan fingerprint density at radius 3 is 2.71 bits per heavy atom. The number of methoxy groups -OCH3 is 2. The zero-order chi connectivity index (χ0) is 17.3. The number of nitrogens with zero attached hydrogens (tertiary/aromatic N) is 1. The smallest absolute Gasteiger partial charge is 0.227 e. The van der Waals surface area contributed by atoms with Crippen LogP contribution in [0.4, 0.5) is 0 Å². The number of fused-ring (bicyclic) bond motifs is 2. The Kier molecular flexibility index (Phi) is 4.72. The van der Waals surface area contributed by atoms with Crippen LogP contribution < -0.4 is 9.47 Å². The van der Waals surface area contributed by atoms with E-state index in [2.05, 4.69) is 6.92 Å². The van der Waals surface area contributed by atoms with E-state index < -0.39 is 0 Å². The summed E-state index contributed by atoms with van der Waals surface area (Å²) >= 11 is 0. The van der Waals surface area contributed by atoms with E-state index in [1.54, 1.807) is 14.2 Å². The van der Waals surface area contributed by atoms with Gasteiger partial charge in [0.05, 0.1) is 27.2 Å². The van der Waals surface area contributed by atoms with Crippen LogP contribution in [0.3, 0.4) is 0 Å². The van der Waals surface area contributed by atoms with Crippen molar-refractivity contribution in [3.63, 3.8) is 0 Å². The quantitative estimate of drug-likeness (QED) is 0.868. The van der Waals surface area contributed by atoms with Crippen molar-refractivity contribution >= 4 is 5.91 Å². The Bertz CT molecular complexity index is 611. The second kappa shape index (κ2) is 6.63. The van der Waals surface area contributed by atoms with E-state index in [1.807, 2.05) is 23.1 Å². The third kappa shape index (κ3) is 2.65. The fourth-order valence-corrected chi connectivity index (χ4v) is 4.58. The number of aliphatic hydroxyl groups is 1. The van der Waals surface area contributed by atoms with Crippen LogP contribution in [-0.2, 0) is 11.2 Å². The average Bonchev–Trinajstić information content (AvgIpc) is 3.18. The maximum atomic E-state index is 13.0. The van der Waals surface area contributed by atoms with Crippen molar-refractivity contribution in [2.45, 2.75) is 51.1 Å². The van der Waals surface area contributed by atoms with Crippen molar-refractivity contribution in [2.24, 2.45) is 5.41 Å². The molecule has 24 heavy (non-hydrogen) atoms. The third-order valence-corrected chi connectivity index (χ3v) is 5.99. The van der Waals surface area contributed by atoms with Gasteiger partial charge in [-0.05, 0) is 31.7 Å². The van der Waals surface area contributed by atoms with Gasteiger partial charge >= 0.3 is 0 Å². The second-order valence-electron chi connectivity index (χ2n) is 6.98. The second-order valence-corrected chi connectivity index (χ2v) is 6.98. The average molecular weight is 333 g/mol. The summed E-state index contributed by atoms with van der Waals surface area (Å²) in [4.78, 5) is 15.0. The molecule has 0 saturated carbocycles. The van der Waals surface area contributed by atoms with Gasteiger partial charge in [-0.3, -0.25) is 4.79 Å². The van der Waals surface area contributed by atoms with Crippen LogP contribution in [0.1, 0.15) is 38.2 Å². The Hall–Kier alpha value is -1.75. The monoisotopic (exact) mass is 333 g/mol. The SMILES string of the molecule is CC[C@@]1(CO)C[C@@H]2CC[C@H]1N2C(=O)Cc1ccc(OC)cc1OC. The summed E-state index contributed by atoms with van der Waals surface area (Å²) in [6.07, 6.45) is 4.23. The molecular formula is C19H27NO4. The van der Waals surface area contributed by atoms with Crippen LogP contribution >= 0.6 is 0 Å². The van der Waals surface area contributed by atoms with Crippen molar-refractivity contribution in [3.8, 4) is 11.5 Å². The first kappa shape index (κ1) is 17.1. The van der Waals surface area contributed by atoms with Gasteiger partial charge in [0.15, 0.2) is 0 Å². The molecule has 3 rings (SSSR count). The molecule has 1 aromatic rings. The van der Waals surface area contributed by atoms with Gasteiger partial charge in [-0.25, -0.2) is 0 Å². The van der Waals surface area contributed by atoms with Gasteiger partial charge < -0.3 is 19.5 Å². The van der Waals surface area contributed by atoms with E-state index in [4.69, 9.17) is 9.47 Å². The van der Waals surface area contributed by atoms with Crippen molar-refractivity contribution in [2.75, 3.05) is 20.8 Å². The van der Waals surface area contributed by atoms with Crippen molar-refractivity contribution in [1.29, 1.82) is 0 Å². The van der Waals surface area contributed by atoms with Crippen LogP contribution in [0.15, 0.2) is 18.2 Å². The fourth-order valence-electron chi connectivity index (χ4n) is 4.58. The number of benzene rings is 1. The number of carbonyl (C=O) groups excluding carboxylic acids is 1. The summed E-state index contributed by atoms with van der Waals surface area (Å²) in [5.74, 6) is 1.53. The number of rotatable bonds is 6. The number of hydrogen-bond acceptors (Lipinski definition) is 4. The van der Waals surface area contributed by atoms with Gasteiger partial charge in [-0.2, -0.15) is 0 Å². The van der Waals surface area contributed by atoms with Crippen LogP contribution in [0.5, 0.6) is 11.5 Å². The Morgan fingerprint density at radius 2 is 2.12 bits per heavy atom. The first-order valence-corrected chi connectivity index (χ1v) is 8.71. The van der Waals surface area contributed by atoms with E-state index in [9.17, 15) is 9.90 Å². The highest BCUT2D eigenvalue weighted by Crippen LogP contribution is 2.51. The molecule has 1 N–H and O–H groups in total. The largest absolute Gasteiger partial charge is 0.497 e. The standard InChI is InChI=1S/C19H27NO4/c1-4-19(12-21)11-14-6-8-17(19)20(14)18(22)9-13-5-7-15(23-2)10-16(13)24-3/h5,7,10,14,17,21H,4,6,8-9,11-12H2,1-3H3/t14-,17+,19-/m0/s1. The van der Waals surface area contributed by atoms with Crippen LogP contribution in [0, 0.1) is 5.41 Å². The van der Waals surface area contributed by atoms with Crippen molar-refractivity contribution in [1.82, 2.24) is 4.90 Å². The molecule has 0 unspecified atom stereocenters. The molecule has 2 aliphatic rings. The third-order valence-electron chi connectivity index (χ3n) is 5.99. The zero-order valence-electron chi connectivity index (χ0n) is 14.7. The minimum Gasteiger partial charge on any atom is -0.497 e. The molecule has 0 aromatic heterocycles. The lowest BCUT2D eigenvalue weighted by Gasteiger charge is -2.34. The summed E-state index contributed by atoms with van der Waals surface area (Å²) in [6.45, 7) is 2.28. The molecule has 2 heterocycles. The van der Waals surface area contributed by atoms with Crippen LogP contribution in [0.2, 0.25) is 0 Å². The minimum atomic E-state index is -0.109. The van der Waals surface area contributed by atoms with Crippen molar-refractivity contribution < 1.29 is 19.4 Å². The molecule has 0 aliphatic carbocycles. The van der Waals surface area contributed by atoms with Gasteiger partial charge in [0.25, 0.3) is 0 Å². The van der Waals surface area contributed by atoms with Gasteiger partial charge in [-0.1, -0.05) is 13.0 Å². The molecule has 5 nitrogen and oxygen atoms in total. The molecule has 1 amide bonds. The predicted octanol–water partition coefficient (Wildman–Crippen LogP) is 2.40. The van der Waals surface area contributed by atoms with E-state index in [0.717, 1.165) is 37.0 Å². The number of amides is 1. The van der Waals surface area contributed by atoms with Gasteiger partial charge in [-0.15, -0.1) is 0 Å². The summed E-state index contributed by atoms with van der Waals surface area (Å²) in [7, 11) is 3.22. The molecule has 0 radical (unpaired) electrons. The Morgan fingerprint density at radius 1 is 1.33 bits per heavy atom. The molecule has 1 aromatic carbocycles. The van der Waals surface area contributed by atoms with Gasteiger partial charge in [0.1, 0.15) is 11.5 Å². The highest BCUT2D eigenvalue weighted by molar-refractivity contribution is 5.81. The minimum absolute atomic E-state index is 0.109. The summed E-state index contributed by atoms with van der Waals surface area (Å²) in [5.41, 5.74) is 0.767. The molecule has 2 saturated heterocycles. The molecule has 2 fully saturated rings. The maximum absolute atomic E-state index is 13.0. The molecule has 3 atom stereocenters. The van der Waals surface area contributed by atoms with E-state index >= 15 is 0 Å². The summed E-state index contributed by atoms with van der Waals surface area (Å²) < 4.78 is 10.6. The van der Waals surface area contributed by atoms with Crippen LogP contribution in [0.25, 0.3) is 0 Å². The first-order chi connectivity index (χ1) is 11.6. The Labute approximate surface area is 143 Å². The van der Waals surface area contributed by atoms with E-state index in [-0.39, 0.29) is 30.0 Å². The number of hydrogen-bond donors (Lipinski definition) is 1. The van der Waals surface area contributed by atoms with Crippen molar-refractivity contribution in [3.05, 3.63) is 23.8 Å². The highest BCUT2D eigenvalue weighted by Gasteiger charge is 2.56. The molecule has 0 spiro atoms. The number of carbonyl (C=O) groups is 1. The molecule has 132 valence electrons. The topological polar surface area (TPSA) is 59.0 Å². The van der Waals surface area contributed by atoms with Gasteiger partial charge in [0, 0.05) is 29.1 Å². The lowest BCUT2D eigenvalue weighted by atomic mass is 9.72. The fraction of sp³-hybridized carbons (Fsp3) is 0.632. The summed E-state index contributed by atoms with van der Waals surface area (Å²) in [6, 6.07) is 6.01. The first-order valence-electron chi connectivity index (χ1n) is 8.71. The predicted molar refractivity (Wildman–Crippen MR) is 91.3 cm³/mol. The lowest BCUT2D eigenvalue weighted by Crippen LogP contribution is -2.42. The van der Waals surface area contributed by atoms with E-state index in [1.165, 1.54) is 0 Å².